The molecule has 1 N–H and O–H groups in total. The molecule has 2 aliphatic heterocycles. The van der Waals surface area contributed by atoms with Gasteiger partial charge in [0.2, 0.25) is 5.91 Å². The second-order valence-electron chi connectivity index (χ2n) is 8.90. The highest BCUT2D eigenvalue weighted by Crippen LogP contribution is 2.21. The quantitative estimate of drug-likeness (QED) is 0.759. The van der Waals surface area contributed by atoms with Crippen molar-refractivity contribution in [3.05, 3.63) is 65.2 Å². The highest BCUT2D eigenvalue weighted by molar-refractivity contribution is 5.97. The molecule has 4 rings (SSSR count). The number of carbonyl (C=O) groups is 3. The average molecular weight is 450 g/mol. The van der Waals surface area contributed by atoms with Crippen molar-refractivity contribution in [2.45, 2.75) is 51.9 Å². The SMILES string of the molecule is CC1CN(C(=O)c2ccc(CNC(=O)c3ccc(N4CCCCC4=O)cc3)cc2)CC(C)O1. The van der Waals surface area contributed by atoms with Crippen LogP contribution in [0.4, 0.5) is 5.69 Å². The molecule has 2 unspecified atom stereocenters. The van der Waals surface area contributed by atoms with E-state index >= 15 is 0 Å². The van der Waals surface area contributed by atoms with E-state index in [0.717, 1.165) is 30.6 Å². The monoisotopic (exact) mass is 449 g/mol. The lowest BCUT2D eigenvalue weighted by Crippen LogP contribution is -2.48. The van der Waals surface area contributed by atoms with E-state index < -0.39 is 0 Å². The summed E-state index contributed by atoms with van der Waals surface area (Å²) in [5.74, 6) is -0.0409. The Kier molecular flexibility index (Phi) is 7.08. The fourth-order valence-electron chi connectivity index (χ4n) is 4.45. The third kappa shape index (κ3) is 5.60. The molecule has 0 aliphatic carbocycles. The van der Waals surface area contributed by atoms with Crippen molar-refractivity contribution in [1.29, 1.82) is 0 Å². The Morgan fingerprint density at radius 1 is 0.939 bits per heavy atom. The van der Waals surface area contributed by atoms with Crippen molar-refractivity contribution in [3.8, 4) is 0 Å². The molecule has 2 fully saturated rings. The van der Waals surface area contributed by atoms with Crippen LogP contribution in [0.5, 0.6) is 0 Å². The second kappa shape index (κ2) is 10.2. The van der Waals surface area contributed by atoms with E-state index in [4.69, 9.17) is 4.74 Å². The van der Waals surface area contributed by atoms with E-state index in [0.29, 0.717) is 37.2 Å². The summed E-state index contributed by atoms with van der Waals surface area (Å²) in [5, 5.41) is 2.92. The molecular weight excluding hydrogens is 418 g/mol. The molecule has 0 saturated carbocycles. The lowest BCUT2D eigenvalue weighted by atomic mass is 10.1. The zero-order chi connectivity index (χ0) is 23.4. The number of nitrogens with zero attached hydrogens (tertiary/aromatic N) is 2. The molecule has 7 heteroatoms. The molecule has 0 bridgehead atoms. The van der Waals surface area contributed by atoms with Crippen molar-refractivity contribution >= 4 is 23.4 Å². The first-order chi connectivity index (χ1) is 15.9. The Bertz CT molecular complexity index is 993. The van der Waals surface area contributed by atoms with Crippen LogP contribution in [-0.4, -0.2) is 54.5 Å². The van der Waals surface area contributed by atoms with Gasteiger partial charge in [0.15, 0.2) is 0 Å². The fourth-order valence-corrected chi connectivity index (χ4v) is 4.45. The maximum atomic E-state index is 12.8. The first-order valence-electron chi connectivity index (χ1n) is 11.6. The third-order valence-corrected chi connectivity index (χ3v) is 6.13. The molecule has 2 aliphatic rings. The number of amides is 3. The van der Waals surface area contributed by atoms with Crippen LogP contribution in [-0.2, 0) is 16.1 Å². The minimum Gasteiger partial charge on any atom is -0.372 e. The summed E-state index contributed by atoms with van der Waals surface area (Å²) in [5.41, 5.74) is 2.93. The van der Waals surface area contributed by atoms with Crippen molar-refractivity contribution in [2.75, 3.05) is 24.5 Å². The molecule has 0 aromatic heterocycles. The summed E-state index contributed by atoms with van der Waals surface area (Å²) in [6.07, 6.45) is 2.58. The zero-order valence-corrected chi connectivity index (χ0v) is 19.3. The minimum atomic E-state index is -0.178. The topological polar surface area (TPSA) is 79.0 Å². The zero-order valence-electron chi connectivity index (χ0n) is 19.3. The number of carbonyl (C=O) groups excluding carboxylic acids is 3. The summed E-state index contributed by atoms with van der Waals surface area (Å²) in [4.78, 5) is 41.0. The van der Waals surface area contributed by atoms with Crippen molar-refractivity contribution in [3.63, 3.8) is 0 Å². The van der Waals surface area contributed by atoms with Crippen molar-refractivity contribution < 1.29 is 19.1 Å². The van der Waals surface area contributed by atoms with Gasteiger partial charge in [-0.3, -0.25) is 14.4 Å². The van der Waals surface area contributed by atoms with E-state index in [-0.39, 0.29) is 29.9 Å². The first kappa shape index (κ1) is 23.0. The molecule has 2 saturated heterocycles. The minimum absolute atomic E-state index is 0.000127. The van der Waals surface area contributed by atoms with Crippen LogP contribution in [0.25, 0.3) is 0 Å². The van der Waals surface area contributed by atoms with Gasteiger partial charge in [0, 0.05) is 49.4 Å². The first-order valence-corrected chi connectivity index (χ1v) is 11.6. The number of piperidine rings is 1. The van der Waals surface area contributed by atoms with Gasteiger partial charge in [0.1, 0.15) is 0 Å². The van der Waals surface area contributed by atoms with Gasteiger partial charge in [-0.25, -0.2) is 0 Å². The van der Waals surface area contributed by atoms with Gasteiger partial charge in [0.25, 0.3) is 11.8 Å². The smallest absolute Gasteiger partial charge is 0.254 e. The number of rotatable bonds is 5. The summed E-state index contributed by atoms with van der Waals surface area (Å²) in [7, 11) is 0. The Labute approximate surface area is 194 Å². The number of nitrogens with one attached hydrogen (secondary N) is 1. The number of hydrogen-bond acceptors (Lipinski definition) is 4. The average Bonchev–Trinajstić information content (AvgIpc) is 2.82. The molecule has 3 amide bonds. The molecule has 2 atom stereocenters. The van der Waals surface area contributed by atoms with E-state index in [1.807, 2.05) is 43.0 Å². The lowest BCUT2D eigenvalue weighted by molar-refractivity contribution is -0.119. The number of morpholine rings is 1. The van der Waals surface area contributed by atoms with Gasteiger partial charge in [-0.15, -0.1) is 0 Å². The number of anilines is 1. The van der Waals surface area contributed by atoms with Gasteiger partial charge >= 0.3 is 0 Å². The van der Waals surface area contributed by atoms with Crippen LogP contribution in [0, 0.1) is 0 Å². The van der Waals surface area contributed by atoms with Crippen LogP contribution in [0.2, 0.25) is 0 Å². The molecule has 2 heterocycles. The predicted molar refractivity (Wildman–Crippen MR) is 126 cm³/mol. The van der Waals surface area contributed by atoms with Gasteiger partial charge in [-0.05, 0) is 68.7 Å². The van der Waals surface area contributed by atoms with E-state index in [2.05, 4.69) is 5.32 Å². The van der Waals surface area contributed by atoms with Gasteiger partial charge in [-0.2, -0.15) is 0 Å². The molecule has 2 aromatic rings. The largest absolute Gasteiger partial charge is 0.372 e. The van der Waals surface area contributed by atoms with E-state index in [1.54, 1.807) is 29.2 Å². The maximum Gasteiger partial charge on any atom is 0.254 e. The Morgan fingerprint density at radius 2 is 1.58 bits per heavy atom. The van der Waals surface area contributed by atoms with Crippen LogP contribution >= 0.6 is 0 Å². The van der Waals surface area contributed by atoms with Crippen LogP contribution in [0.1, 0.15) is 59.4 Å². The number of benzene rings is 2. The molecule has 7 nitrogen and oxygen atoms in total. The molecule has 0 spiro atoms. The van der Waals surface area contributed by atoms with Crippen LogP contribution in [0.3, 0.4) is 0 Å². The molecule has 174 valence electrons. The highest BCUT2D eigenvalue weighted by Gasteiger charge is 2.26. The van der Waals surface area contributed by atoms with Crippen molar-refractivity contribution in [2.24, 2.45) is 0 Å². The standard InChI is InChI=1S/C26H31N3O4/c1-18-16-28(17-19(2)33-18)26(32)22-8-6-20(7-9-22)15-27-25(31)21-10-12-23(13-11-21)29-14-4-3-5-24(29)30/h6-13,18-19H,3-5,14-17H2,1-2H3,(H,27,31). The Hall–Kier alpha value is -3.19. The Balaban J connectivity index is 1.31. The fraction of sp³-hybridized carbons (Fsp3) is 0.423. The van der Waals surface area contributed by atoms with E-state index in [9.17, 15) is 14.4 Å². The van der Waals surface area contributed by atoms with Crippen LogP contribution in [0.15, 0.2) is 48.5 Å². The number of hydrogen-bond donors (Lipinski definition) is 1. The normalized spacial score (nSPS) is 21.1. The third-order valence-electron chi connectivity index (χ3n) is 6.13. The maximum absolute atomic E-state index is 12.8. The van der Waals surface area contributed by atoms with Gasteiger partial charge in [0.05, 0.1) is 12.2 Å². The highest BCUT2D eigenvalue weighted by atomic mass is 16.5. The molecule has 0 radical (unpaired) electrons. The molecule has 33 heavy (non-hydrogen) atoms. The summed E-state index contributed by atoms with van der Waals surface area (Å²) in [6, 6.07) is 14.5. The van der Waals surface area contributed by atoms with Crippen LogP contribution < -0.4 is 10.2 Å². The van der Waals surface area contributed by atoms with Crippen molar-refractivity contribution in [1.82, 2.24) is 10.2 Å². The predicted octanol–water partition coefficient (Wildman–Crippen LogP) is 3.38. The Morgan fingerprint density at radius 3 is 2.21 bits per heavy atom. The molecular formula is C26H31N3O4. The van der Waals surface area contributed by atoms with E-state index in [1.165, 1.54) is 0 Å². The number of ether oxygens (including phenoxy) is 1. The van der Waals surface area contributed by atoms with Gasteiger partial charge in [-0.1, -0.05) is 12.1 Å². The summed E-state index contributed by atoms with van der Waals surface area (Å²) >= 11 is 0. The molecule has 2 aromatic carbocycles. The van der Waals surface area contributed by atoms with Gasteiger partial charge < -0.3 is 19.9 Å². The second-order valence-corrected chi connectivity index (χ2v) is 8.90. The summed E-state index contributed by atoms with van der Waals surface area (Å²) in [6.45, 7) is 6.22. The lowest BCUT2D eigenvalue weighted by Gasteiger charge is -2.35. The summed E-state index contributed by atoms with van der Waals surface area (Å²) < 4.78 is 5.70.